The third-order valence-electron chi connectivity index (χ3n) is 3.38. The summed E-state index contributed by atoms with van der Waals surface area (Å²) in [5.74, 6) is -0.851. The van der Waals surface area contributed by atoms with Crippen LogP contribution in [-0.2, 0) is 14.9 Å². The van der Waals surface area contributed by atoms with Gasteiger partial charge in [-0.2, -0.15) is 0 Å². The molecule has 2 aromatic rings. The Balaban J connectivity index is 2.23. The fourth-order valence-corrected chi connectivity index (χ4v) is 2.09. The molecule has 2 rings (SSSR count). The van der Waals surface area contributed by atoms with Crippen LogP contribution in [0, 0.1) is 0 Å². The third-order valence-corrected chi connectivity index (χ3v) is 3.61. The van der Waals surface area contributed by atoms with E-state index in [-0.39, 0.29) is 17.5 Å². The monoisotopic (exact) mass is 333 g/mol. The van der Waals surface area contributed by atoms with E-state index in [9.17, 15) is 9.59 Å². The molecule has 0 fully saturated rings. The molecule has 7 heteroatoms. The minimum absolute atomic E-state index is 0.120. The van der Waals surface area contributed by atoms with Crippen molar-refractivity contribution in [3.63, 3.8) is 0 Å². The molecule has 0 atom stereocenters. The number of anilines is 1. The molecular weight excluding hydrogens is 318 g/mol. The average Bonchev–Trinajstić information content (AvgIpc) is 2.54. The highest BCUT2D eigenvalue weighted by atomic mass is 35.5. The van der Waals surface area contributed by atoms with Gasteiger partial charge in [0.05, 0.1) is 12.5 Å². The number of halogens is 1. The maximum atomic E-state index is 12.6. The minimum Gasteiger partial charge on any atom is -0.463 e. The van der Waals surface area contributed by atoms with Crippen molar-refractivity contribution in [2.75, 3.05) is 12.4 Å². The molecule has 0 saturated carbocycles. The number of carbonyl (C=O) groups is 2. The molecule has 1 heterocycles. The average molecular weight is 334 g/mol. The highest BCUT2D eigenvalue weighted by molar-refractivity contribution is 6.30. The number of ether oxygens (including phenoxy) is 1. The van der Waals surface area contributed by atoms with E-state index in [0.717, 1.165) is 5.56 Å². The number of esters is 1. The normalized spacial score (nSPS) is 11.0. The Labute approximate surface area is 138 Å². The van der Waals surface area contributed by atoms with Gasteiger partial charge in [-0.3, -0.25) is 4.79 Å². The van der Waals surface area contributed by atoms with Crippen LogP contribution < -0.4 is 5.32 Å². The molecule has 1 amide bonds. The molecule has 0 bridgehead atoms. The minimum atomic E-state index is -0.832. The summed E-state index contributed by atoms with van der Waals surface area (Å²) in [5.41, 5.74) is -0.0638. The van der Waals surface area contributed by atoms with Gasteiger partial charge in [0, 0.05) is 11.2 Å². The number of amides is 1. The zero-order valence-corrected chi connectivity index (χ0v) is 13.7. The Morgan fingerprint density at radius 3 is 2.65 bits per heavy atom. The predicted molar refractivity (Wildman–Crippen MR) is 86.5 cm³/mol. The lowest BCUT2D eigenvalue weighted by Crippen LogP contribution is -2.35. The van der Waals surface area contributed by atoms with Crippen LogP contribution >= 0.6 is 11.6 Å². The molecule has 0 radical (unpaired) electrons. The van der Waals surface area contributed by atoms with Crippen LogP contribution in [0.1, 0.15) is 30.0 Å². The standard InChI is InChI=1S/C16H16ClN3O3/c1-16(2,10-5-4-6-11(17)9-10)15(22)20-12-7-8-18-13(19-12)14(21)23-3/h4-9H,1-3H3,(H,18,19,20,22). The summed E-state index contributed by atoms with van der Waals surface area (Å²) >= 11 is 5.98. The third kappa shape index (κ3) is 3.84. The van der Waals surface area contributed by atoms with E-state index in [1.807, 2.05) is 6.07 Å². The highest BCUT2D eigenvalue weighted by Crippen LogP contribution is 2.27. The number of carbonyl (C=O) groups excluding carboxylic acids is 2. The van der Waals surface area contributed by atoms with E-state index in [1.165, 1.54) is 19.4 Å². The Hall–Kier alpha value is -2.47. The van der Waals surface area contributed by atoms with Crippen molar-refractivity contribution in [3.8, 4) is 0 Å². The van der Waals surface area contributed by atoms with E-state index >= 15 is 0 Å². The van der Waals surface area contributed by atoms with Crippen molar-refractivity contribution < 1.29 is 14.3 Å². The fraction of sp³-hybridized carbons (Fsp3) is 0.250. The van der Waals surface area contributed by atoms with Gasteiger partial charge < -0.3 is 10.1 Å². The second kappa shape index (κ2) is 6.75. The molecule has 23 heavy (non-hydrogen) atoms. The molecule has 1 aromatic carbocycles. The Bertz CT molecular complexity index is 747. The van der Waals surface area contributed by atoms with Crippen LogP contribution in [0.25, 0.3) is 0 Å². The van der Waals surface area contributed by atoms with Crippen LogP contribution in [0.15, 0.2) is 36.5 Å². The van der Waals surface area contributed by atoms with E-state index in [0.29, 0.717) is 5.02 Å². The van der Waals surface area contributed by atoms with Crippen molar-refractivity contribution in [2.45, 2.75) is 19.3 Å². The topological polar surface area (TPSA) is 81.2 Å². The fourth-order valence-electron chi connectivity index (χ4n) is 1.90. The van der Waals surface area contributed by atoms with E-state index in [4.69, 9.17) is 11.6 Å². The van der Waals surface area contributed by atoms with Gasteiger partial charge >= 0.3 is 5.97 Å². The van der Waals surface area contributed by atoms with Crippen LogP contribution in [0.2, 0.25) is 5.02 Å². The second-order valence-electron chi connectivity index (χ2n) is 5.35. The lowest BCUT2D eigenvalue weighted by Gasteiger charge is -2.24. The lowest BCUT2D eigenvalue weighted by molar-refractivity contribution is -0.120. The van der Waals surface area contributed by atoms with Gasteiger partial charge in [-0.1, -0.05) is 23.7 Å². The maximum Gasteiger partial charge on any atom is 0.376 e. The lowest BCUT2D eigenvalue weighted by atomic mass is 9.84. The SMILES string of the molecule is COC(=O)c1nccc(NC(=O)C(C)(C)c2cccc(Cl)c2)n1. The highest BCUT2D eigenvalue weighted by Gasteiger charge is 2.30. The zero-order valence-electron chi connectivity index (χ0n) is 13.0. The molecule has 0 unspecified atom stereocenters. The van der Waals surface area contributed by atoms with Crippen LogP contribution in [0.5, 0.6) is 0 Å². The summed E-state index contributed by atoms with van der Waals surface area (Å²) in [6.07, 6.45) is 1.38. The quantitative estimate of drug-likeness (QED) is 0.870. The van der Waals surface area contributed by atoms with Crippen molar-refractivity contribution in [1.29, 1.82) is 0 Å². The summed E-state index contributed by atoms with van der Waals surface area (Å²) in [6, 6.07) is 8.59. The number of aromatic nitrogens is 2. The molecule has 120 valence electrons. The largest absolute Gasteiger partial charge is 0.463 e. The Morgan fingerprint density at radius 2 is 2.00 bits per heavy atom. The number of nitrogens with one attached hydrogen (secondary N) is 1. The van der Waals surface area contributed by atoms with Gasteiger partial charge in [0.1, 0.15) is 5.82 Å². The first kappa shape index (κ1) is 16.9. The summed E-state index contributed by atoms with van der Waals surface area (Å²) in [6.45, 7) is 3.55. The number of rotatable bonds is 4. The van der Waals surface area contributed by atoms with E-state index in [2.05, 4.69) is 20.0 Å². The summed E-state index contributed by atoms with van der Waals surface area (Å²) in [7, 11) is 1.24. The van der Waals surface area contributed by atoms with Crippen molar-refractivity contribution in [3.05, 3.63) is 52.9 Å². The molecule has 0 aliphatic carbocycles. The Kier molecular flexibility index (Phi) is 4.95. The summed E-state index contributed by atoms with van der Waals surface area (Å²) in [4.78, 5) is 31.8. The molecule has 0 aliphatic heterocycles. The van der Waals surface area contributed by atoms with Gasteiger partial charge in [0.25, 0.3) is 0 Å². The molecule has 0 spiro atoms. The maximum absolute atomic E-state index is 12.6. The summed E-state index contributed by atoms with van der Waals surface area (Å²) < 4.78 is 4.55. The molecule has 0 saturated heterocycles. The predicted octanol–water partition coefficient (Wildman–Crippen LogP) is 2.83. The van der Waals surface area contributed by atoms with Crippen LogP contribution in [0.4, 0.5) is 5.82 Å². The molecule has 1 aromatic heterocycles. The first-order valence-corrected chi connectivity index (χ1v) is 7.21. The van der Waals surface area contributed by atoms with Crippen molar-refractivity contribution in [2.24, 2.45) is 0 Å². The van der Waals surface area contributed by atoms with Crippen LogP contribution in [0.3, 0.4) is 0 Å². The first-order chi connectivity index (χ1) is 10.8. The van der Waals surface area contributed by atoms with Gasteiger partial charge in [-0.15, -0.1) is 0 Å². The molecule has 0 aliphatic rings. The number of hydrogen-bond acceptors (Lipinski definition) is 5. The smallest absolute Gasteiger partial charge is 0.376 e. The van der Waals surface area contributed by atoms with Crippen molar-refractivity contribution >= 4 is 29.3 Å². The van der Waals surface area contributed by atoms with Crippen LogP contribution in [-0.4, -0.2) is 29.0 Å². The number of methoxy groups -OCH3 is 1. The molecular formula is C16H16ClN3O3. The van der Waals surface area contributed by atoms with E-state index < -0.39 is 11.4 Å². The molecule has 6 nitrogen and oxygen atoms in total. The summed E-state index contributed by atoms with van der Waals surface area (Å²) in [5, 5.41) is 3.23. The van der Waals surface area contributed by atoms with Gasteiger partial charge in [-0.05, 0) is 37.6 Å². The Morgan fingerprint density at radius 1 is 1.26 bits per heavy atom. The van der Waals surface area contributed by atoms with E-state index in [1.54, 1.807) is 32.0 Å². The number of hydrogen-bond donors (Lipinski definition) is 1. The van der Waals surface area contributed by atoms with Gasteiger partial charge in [0.15, 0.2) is 0 Å². The van der Waals surface area contributed by atoms with Gasteiger partial charge in [0.2, 0.25) is 11.7 Å². The zero-order chi connectivity index (χ0) is 17.0. The molecule has 1 N–H and O–H groups in total. The van der Waals surface area contributed by atoms with Crippen molar-refractivity contribution in [1.82, 2.24) is 9.97 Å². The first-order valence-electron chi connectivity index (χ1n) is 6.83. The number of nitrogens with zero attached hydrogens (tertiary/aromatic N) is 2. The number of benzene rings is 1. The van der Waals surface area contributed by atoms with Gasteiger partial charge in [-0.25, -0.2) is 14.8 Å². The second-order valence-corrected chi connectivity index (χ2v) is 5.78.